The van der Waals surface area contributed by atoms with Crippen molar-refractivity contribution in [1.82, 2.24) is 0 Å². The average Bonchev–Trinajstić information content (AvgIpc) is 2.21. The first-order valence-corrected chi connectivity index (χ1v) is 4.57. The van der Waals surface area contributed by atoms with Gasteiger partial charge in [0.05, 0.1) is 0 Å². The second-order valence-corrected chi connectivity index (χ2v) is 3.34. The average molecular weight is 206 g/mol. The van der Waals surface area contributed by atoms with Crippen LogP contribution in [0.2, 0.25) is 5.02 Å². The van der Waals surface area contributed by atoms with E-state index in [1.54, 1.807) is 24.3 Å². The van der Waals surface area contributed by atoms with Gasteiger partial charge in [-0.3, -0.25) is 0 Å². The van der Waals surface area contributed by atoms with Gasteiger partial charge in [0.2, 0.25) is 0 Å². The fourth-order valence-electron chi connectivity index (χ4n) is 1.23. The third-order valence-electron chi connectivity index (χ3n) is 1.95. The lowest BCUT2D eigenvalue weighted by atomic mass is 10.1. The molecule has 0 fully saturated rings. The van der Waals surface area contributed by atoms with E-state index in [-0.39, 0.29) is 5.82 Å². The third kappa shape index (κ3) is 1.94. The van der Waals surface area contributed by atoms with Crippen LogP contribution in [0.3, 0.4) is 0 Å². The molecule has 0 aliphatic rings. The Kier molecular flexibility index (Phi) is 2.51. The van der Waals surface area contributed by atoms with Crippen LogP contribution in [0.4, 0.5) is 4.39 Å². The smallest absolute Gasteiger partial charge is 0.123 e. The Labute approximate surface area is 87.0 Å². The highest BCUT2D eigenvalue weighted by Gasteiger charge is 1.97. The molecule has 0 heterocycles. The minimum absolute atomic E-state index is 0.230. The summed E-state index contributed by atoms with van der Waals surface area (Å²) in [5.74, 6) is -0.230. The molecule has 0 bridgehead atoms. The molecule has 0 aliphatic carbocycles. The summed E-state index contributed by atoms with van der Waals surface area (Å²) < 4.78 is 12.6. The van der Waals surface area contributed by atoms with Crippen molar-refractivity contribution in [2.45, 2.75) is 0 Å². The zero-order valence-corrected chi connectivity index (χ0v) is 8.05. The molecule has 0 N–H and O–H groups in total. The zero-order valence-electron chi connectivity index (χ0n) is 7.30. The lowest BCUT2D eigenvalue weighted by Gasteiger charge is -2.00. The number of hydrogen-bond acceptors (Lipinski definition) is 0. The van der Waals surface area contributed by atoms with E-state index in [1.807, 2.05) is 6.07 Å². The largest absolute Gasteiger partial charge is 0.207 e. The lowest BCUT2D eigenvalue weighted by molar-refractivity contribution is 0.628. The van der Waals surface area contributed by atoms with Gasteiger partial charge < -0.3 is 0 Å². The summed E-state index contributed by atoms with van der Waals surface area (Å²) in [5.41, 5.74) is 1.94. The van der Waals surface area contributed by atoms with Gasteiger partial charge in [-0.15, -0.1) is 0 Å². The molecule has 0 atom stereocenters. The van der Waals surface area contributed by atoms with Gasteiger partial charge in [0.1, 0.15) is 5.82 Å². The summed E-state index contributed by atoms with van der Waals surface area (Å²) >= 11 is 5.71. The molecule has 2 rings (SSSR count). The van der Waals surface area contributed by atoms with Crippen LogP contribution < -0.4 is 0 Å². The molecular weight excluding hydrogens is 199 g/mol. The molecular formula is C12H7ClF. The summed E-state index contributed by atoms with van der Waals surface area (Å²) in [4.78, 5) is 0. The topological polar surface area (TPSA) is 0 Å². The van der Waals surface area contributed by atoms with Gasteiger partial charge in [-0.1, -0.05) is 29.8 Å². The summed E-state index contributed by atoms with van der Waals surface area (Å²) in [5, 5.41) is 0.580. The van der Waals surface area contributed by atoms with E-state index in [9.17, 15) is 4.39 Å². The van der Waals surface area contributed by atoms with E-state index in [4.69, 9.17) is 11.6 Å². The maximum Gasteiger partial charge on any atom is 0.123 e. The van der Waals surface area contributed by atoms with E-state index in [0.29, 0.717) is 5.02 Å². The van der Waals surface area contributed by atoms with Crippen LogP contribution in [0, 0.1) is 11.9 Å². The van der Waals surface area contributed by atoms with Gasteiger partial charge in [-0.25, -0.2) is 4.39 Å². The van der Waals surface area contributed by atoms with Crippen LogP contribution in [0.25, 0.3) is 11.1 Å². The van der Waals surface area contributed by atoms with E-state index < -0.39 is 0 Å². The maximum absolute atomic E-state index is 12.6. The molecule has 0 saturated heterocycles. The second kappa shape index (κ2) is 3.81. The predicted molar refractivity (Wildman–Crippen MR) is 55.7 cm³/mol. The number of halogens is 2. The molecule has 1 radical (unpaired) electrons. The van der Waals surface area contributed by atoms with Crippen LogP contribution in [-0.4, -0.2) is 0 Å². The summed E-state index contributed by atoms with van der Waals surface area (Å²) in [6, 6.07) is 14.6. The fourth-order valence-corrected chi connectivity index (χ4v) is 1.35. The first kappa shape index (κ1) is 9.22. The van der Waals surface area contributed by atoms with Gasteiger partial charge in [0.15, 0.2) is 0 Å². The van der Waals surface area contributed by atoms with Gasteiger partial charge in [0, 0.05) is 11.1 Å². The van der Waals surface area contributed by atoms with Crippen LogP contribution in [-0.2, 0) is 0 Å². The zero-order chi connectivity index (χ0) is 9.97. The Hall–Kier alpha value is -1.34. The van der Waals surface area contributed by atoms with Crippen molar-refractivity contribution in [2.24, 2.45) is 0 Å². The monoisotopic (exact) mass is 205 g/mol. The predicted octanol–water partition coefficient (Wildman–Crippen LogP) is 3.95. The normalized spacial score (nSPS) is 10.1. The number of hydrogen-bond donors (Lipinski definition) is 0. The Morgan fingerprint density at radius 2 is 1.57 bits per heavy atom. The van der Waals surface area contributed by atoms with Gasteiger partial charge in [-0.2, -0.15) is 0 Å². The Morgan fingerprint density at radius 1 is 0.929 bits per heavy atom. The standard InChI is InChI=1S/C12H7ClF/c13-11-5-1-9(2-6-11)10-3-7-12(14)8-4-10/h1-5,7-8H. The van der Waals surface area contributed by atoms with Crippen molar-refractivity contribution in [3.8, 4) is 11.1 Å². The summed E-state index contributed by atoms with van der Waals surface area (Å²) in [6.45, 7) is 0. The molecule has 0 amide bonds. The first-order valence-electron chi connectivity index (χ1n) is 4.19. The van der Waals surface area contributed by atoms with E-state index in [2.05, 4.69) is 6.07 Å². The van der Waals surface area contributed by atoms with Crippen molar-refractivity contribution in [3.63, 3.8) is 0 Å². The quantitative estimate of drug-likeness (QED) is 0.662. The van der Waals surface area contributed by atoms with Crippen molar-refractivity contribution in [3.05, 3.63) is 59.4 Å². The molecule has 14 heavy (non-hydrogen) atoms. The van der Waals surface area contributed by atoms with E-state index in [1.165, 1.54) is 12.1 Å². The first-order chi connectivity index (χ1) is 6.75. The van der Waals surface area contributed by atoms with Crippen molar-refractivity contribution < 1.29 is 4.39 Å². The Balaban J connectivity index is 2.40. The summed E-state index contributed by atoms with van der Waals surface area (Å²) in [7, 11) is 0. The van der Waals surface area contributed by atoms with Crippen molar-refractivity contribution in [2.75, 3.05) is 0 Å². The molecule has 0 saturated carbocycles. The summed E-state index contributed by atoms with van der Waals surface area (Å²) in [6.07, 6.45) is 0. The highest BCUT2D eigenvalue weighted by Crippen LogP contribution is 2.20. The van der Waals surface area contributed by atoms with Gasteiger partial charge in [-0.05, 0) is 35.4 Å². The number of benzene rings is 2. The molecule has 2 aromatic rings. The van der Waals surface area contributed by atoms with Gasteiger partial charge >= 0.3 is 0 Å². The SMILES string of the molecule is Fc1ccc(-c2c[c]c(Cl)cc2)cc1. The Bertz CT molecular complexity index is 374. The molecule has 0 aliphatic heterocycles. The minimum Gasteiger partial charge on any atom is -0.207 e. The number of rotatable bonds is 1. The maximum atomic E-state index is 12.6. The van der Waals surface area contributed by atoms with E-state index in [0.717, 1.165) is 11.1 Å². The highest BCUT2D eigenvalue weighted by atomic mass is 35.5. The fraction of sp³-hybridized carbons (Fsp3) is 0. The molecule has 2 heteroatoms. The molecule has 0 nitrogen and oxygen atoms in total. The van der Waals surface area contributed by atoms with Crippen LogP contribution >= 0.6 is 11.6 Å². The van der Waals surface area contributed by atoms with Crippen LogP contribution in [0.15, 0.2) is 42.5 Å². The molecule has 2 aromatic carbocycles. The highest BCUT2D eigenvalue weighted by molar-refractivity contribution is 6.30. The van der Waals surface area contributed by atoms with Crippen LogP contribution in [0.5, 0.6) is 0 Å². The van der Waals surface area contributed by atoms with Crippen molar-refractivity contribution >= 4 is 11.6 Å². The third-order valence-corrected chi connectivity index (χ3v) is 2.19. The van der Waals surface area contributed by atoms with Crippen molar-refractivity contribution in [1.29, 1.82) is 0 Å². The molecule has 0 unspecified atom stereocenters. The molecule has 69 valence electrons. The molecule has 0 aromatic heterocycles. The second-order valence-electron chi connectivity index (χ2n) is 2.93. The van der Waals surface area contributed by atoms with E-state index >= 15 is 0 Å². The van der Waals surface area contributed by atoms with Crippen LogP contribution in [0.1, 0.15) is 0 Å². The Morgan fingerprint density at radius 3 is 2.14 bits per heavy atom. The molecule has 0 spiro atoms. The van der Waals surface area contributed by atoms with Gasteiger partial charge in [0.25, 0.3) is 0 Å². The minimum atomic E-state index is -0.230. The lowest BCUT2D eigenvalue weighted by Crippen LogP contribution is -1.78.